The Kier molecular flexibility index (Phi) is 3.91. The molecule has 3 fully saturated rings. The summed E-state index contributed by atoms with van der Waals surface area (Å²) >= 11 is 0. The molecule has 2 saturated carbocycles. The van der Waals surface area contributed by atoms with Crippen LogP contribution in [0, 0.1) is 23.7 Å². The molecule has 2 aliphatic carbocycles. The molecule has 6 rings (SSSR count). The van der Waals surface area contributed by atoms with Crippen LogP contribution >= 0.6 is 0 Å². The Morgan fingerprint density at radius 1 is 1.34 bits per heavy atom. The highest BCUT2D eigenvalue weighted by molar-refractivity contribution is 6.67. The van der Waals surface area contributed by atoms with Crippen molar-refractivity contribution < 1.29 is 9.76 Å². The molecule has 2 aliphatic heterocycles. The van der Waals surface area contributed by atoms with E-state index in [2.05, 4.69) is 27.9 Å². The zero-order valence-corrected chi connectivity index (χ0v) is 17.3. The summed E-state index contributed by atoms with van der Waals surface area (Å²) in [6, 6.07) is 2.13. The van der Waals surface area contributed by atoms with Gasteiger partial charge in [-0.05, 0) is 62.8 Å². The molecular weight excluding hydrogens is 363 g/mol. The van der Waals surface area contributed by atoms with Crippen LogP contribution in [0.2, 0.25) is 0 Å². The van der Waals surface area contributed by atoms with Gasteiger partial charge in [0.25, 0.3) is 0 Å². The zero-order chi connectivity index (χ0) is 19.8. The Hall–Kier alpha value is -1.86. The molecule has 2 bridgehead atoms. The van der Waals surface area contributed by atoms with E-state index in [-0.39, 0.29) is 7.05 Å². The van der Waals surface area contributed by atoms with Gasteiger partial charge in [0.15, 0.2) is 0 Å². The summed E-state index contributed by atoms with van der Waals surface area (Å²) in [4.78, 5) is 10.1. The third kappa shape index (κ3) is 2.77. The van der Waals surface area contributed by atoms with E-state index in [1.807, 2.05) is 19.3 Å². The highest BCUT2D eigenvalue weighted by atomic mass is 16.4. The summed E-state index contributed by atoms with van der Waals surface area (Å²) in [6.45, 7) is 6.10. The minimum Gasteiger partial charge on any atom is -0.412 e. The summed E-state index contributed by atoms with van der Waals surface area (Å²) in [7, 11) is -0.129. The first-order valence-electron chi connectivity index (χ1n) is 11.2. The van der Waals surface area contributed by atoms with Crippen LogP contribution in [0.25, 0.3) is 11.0 Å². The first kappa shape index (κ1) is 18.0. The fourth-order valence-corrected chi connectivity index (χ4v) is 6.84. The van der Waals surface area contributed by atoms with Gasteiger partial charge < -0.3 is 19.7 Å². The number of aromatic amines is 1. The van der Waals surface area contributed by atoms with Crippen molar-refractivity contribution in [2.75, 3.05) is 13.2 Å². The summed E-state index contributed by atoms with van der Waals surface area (Å²) in [5, 5.41) is 17.3. The molecule has 1 saturated heterocycles. The number of hydrazone groups is 1. The second kappa shape index (κ2) is 6.32. The zero-order valence-electron chi connectivity index (χ0n) is 17.3. The van der Waals surface area contributed by atoms with E-state index in [1.54, 1.807) is 0 Å². The van der Waals surface area contributed by atoms with Gasteiger partial charge in [-0.2, -0.15) is 5.10 Å². The summed E-state index contributed by atoms with van der Waals surface area (Å²) in [6.07, 6.45) is 9.15. The normalized spacial score (nSPS) is 36.6. The molecule has 0 spiro atoms. The van der Waals surface area contributed by atoms with E-state index in [1.165, 1.54) is 24.1 Å². The van der Waals surface area contributed by atoms with E-state index in [9.17, 15) is 5.11 Å². The van der Waals surface area contributed by atoms with Crippen LogP contribution in [-0.4, -0.2) is 51.5 Å². The van der Waals surface area contributed by atoms with Crippen LogP contribution in [0.1, 0.15) is 51.5 Å². The molecule has 152 valence electrons. The summed E-state index contributed by atoms with van der Waals surface area (Å²) in [5.74, 6) is 2.03. The minimum atomic E-state index is -0.553. The lowest BCUT2D eigenvalue weighted by Crippen LogP contribution is -2.58. The lowest BCUT2D eigenvalue weighted by Gasteiger charge is -2.50. The number of nitrogens with zero attached hydrogens (tertiary/aromatic N) is 3. The van der Waals surface area contributed by atoms with Crippen LogP contribution < -0.4 is 5.46 Å². The lowest BCUT2D eigenvalue weighted by molar-refractivity contribution is -0.0565. The summed E-state index contributed by atoms with van der Waals surface area (Å²) < 4.78 is 6.14. The molecule has 0 amide bonds. The third-order valence-electron chi connectivity index (χ3n) is 7.66. The topological polar surface area (TPSA) is 73.7 Å². The number of aromatic nitrogens is 2. The fourth-order valence-electron chi connectivity index (χ4n) is 6.84. The molecule has 4 heterocycles. The molecular formula is C22H29BN4O2. The average molecular weight is 392 g/mol. The van der Waals surface area contributed by atoms with Crippen molar-refractivity contribution >= 4 is 29.3 Å². The molecule has 29 heavy (non-hydrogen) atoms. The maximum atomic E-state index is 10.9. The van der Waals surface area contributed by atoms with Crippen LogP contribution in [0.5, 0.6) is 0 Å². The van der Waals surface area contributed by atoms with Gasteiger partial charge in [-0.3, -0.25) is 0 Å². The van der Waals surface area contributed by atoms with Crippen LogP contribution in [0.3, 0.4) is 0 Å². The Morgan fingerprint density at radius 2 is 2.24 bits per heavy atom. The van der Waals surface area contributed by atoms with Crippen molar-refractivity contribution in [3.63, 3.8) is 0 Å². The number of hydrogen-bond donors (Lipinski definition) is 2. The maximum absolute atomic E-state index is 10.9. The molecule has 4 aliphatic rings. The first-order chi connectivity index (χ1) is 14.0. The first-order valence-corrected chi connectivity index (χ1v) is 11.2. The number of fused-ring (bicyclic) bond motifs is 7. The molecule has 2 aromatic heterocycles. The largest absolute Gasteiger partial charge is 0.471 e. The molecule has 0 aromatic carbocycles. The van der Waals surface area contributed by atoms with Gasteiger partial charge in [0.1, 0.15) is 5.65 Å². The van der Waals surface area contributed by atoms with Crippen molar-refractivity contribution in [1.82, 2.24) is 14.9 Å². The standard InChI is InChI=1S/C22H29BN4O2/c1-13-8-14-9-15(11-22(2,28)10-14)18(13)20-19-16-4-5-24-21(16)25-12-17(19)23-27(26-20)6-3-7-29-23/h4-5,12-15,18,28H,3,6-11H2,1-2H3,(H,24,25)/t13-,14+,15-,18+,22-/m1/s1. The number of nitrogens with one attached hydrogen (secondary N) is 1. The summed E-state index contributed by atoms with van der Waals surface area (Å²) in [5.41, 5.74) is 3.93. The number of aliphatic hydroxyl groups is 1. The third-order valence-corrected chi connectivity index (χ3v) is 7.66. The van der Waals surface area contributed by atoms with Crippen molar-refractivity contribution in [1.29, 1.82) is 0 Å². The molecule has 2 N–H and O–H groups in total. The minimum absolute atomic E-state index is 0.129. The number of hydrogen-bond acceptors (Lipinski definition) is 5. The average Bonchev–Trinajstić information content (AvgIpc) is 3.15. The van der Waals surface area contributed by atoms with Gasteiger partial charge in [-0.15, -0.1) is 0 Å². The quantitative estimate of drug-likeness (QED) is 0.732. The highest BCUT2D eigenvalue weighted by Gasteiger charge is 2.49. The van der Waals surface area contributed by atoms with Crippen molar-refractivity contribution in [2.24, 2.45) is 28.8 Å². The van der Waals surface area contributed by atoms with E-state index in [0.717, 1.165) is 48.9 Å². The molecule has 0 radical (unpaired) electrons. The van der Waals surface area contributed by atoms with Gasteiger partial charge >= 0.3 is 7.05 Å². The Labute approximate surface area is 171 Å². The van der Waals surface area contributed by atoms with Gasteiger partial charge in [-0.1, -0.05) is 6.92 Å². The van der Waals surface area contributed by atoms with Crippen molar-refractivity contribution in [3.05, 3.63) is 24.0 Å². The Balaban J connectivity index is 1.51. The van der Waals surface area contributed by atoms with Gasteiger partial charge in [0.2, 0.25) is 0 Å². The number of rotatable bonds is 1. The highest BCUT2D eigenvalue weighted by Crippen LogP contribution is 2.51. The molecule has 2 aromatic rings. The molecule has 7 heteroatoms. The van der Waals surface area contributed by atoms with Gasteiger partial charge in [0, 0.05) is 47.9 Å². The predicted molar refractivity (Wildman–Crippen MR) is 114 cm³/mol. The SMILES string of the molecule is C[C@@H]1C[C@H]2C[C@H](C[C@](C)(O)C2)[C@H]1C1=NN2CCCOB2c2cnc3[nH]ccc3c21. The van der Waals surface area contributed by atoms with Crippen LogP contribution in [0.4, 0.5) is 0 Å². The fraction of sp³-hybridized carbons (Fsp3) is 0.636. The number of pyridine rings is 1. The van der Waals surface area contributed by atoms with E-state index in [4.69, 9.17) is 9.76 Å². The second-order valence-corrected chi connectivity index (χ2v) is 10.1. The van der Waals surface area contributed by atoms with Crippen LogP contribution in [-0.2, 0) is 4.65 Å². The van der Waals surface area contributed by atoms with Crippen molar-refractivity contribution in [3.8, 4) is 0 Å². The van der Waals surface area contributed by atoms with E-state index < -0.39 is 5.60 Å². The van der Waals surface area contributed by atoms with Gasteiger partial charge in [-0.25, -0.2) is 4.98 Å². The molecule has 6 nitrogen and oxygen atoms in total. The molecule has 5 atom stereocenters. The van der Waals surface area contributed by atoms with Gasteiger partial charge in [0.05, 0.1) is 11.3 Å². The second-order valence-electron chi connectivity index (χ2n) is 10.1. The maximum Gasteiger partial charge on any atom is 0.471 e. The Bertz CT molecular complexity index is 984. The lowest BCUT2D eigenvalue weighted by atomic mass is 9.56. The van der Waals surface area contributed by atoms with Crippen molar-refractivity contribution in [2.45, 2.75) is 51.6 Å². The monoisotopic (exact) mass is 392 g/mol. The van der Waals surface area contributed by atoms with E-state index in [0.29, 0.717) is 23.7 Å². The molecule has 0 unspecified atom stereocenters. The van der Waals surface area contributed by atoms with E-state index >= 15 is 0 Å². The smallest absolute Gasteiger partial charge is 0.412 e. The Morgan fingerprint density at radius 3 is 3.14 bits per heavy atom. The number of H-pyrrole nitrogens is 1. The van der Waals surface area contributed by atoms with Crippen LogP contribution in [0.15, 0.2) is 23.6 Å². The predicted octanol–water partition coefficient (Wildman–Crippen LogP) is 2.52.